The van der Waals surface area contributed by atoms with Gasteiger partial charge in [-0.1, -0.05) is 36.8 Å². The fourth-order valence-corrected chi connectivity index (χ4v) is 1.78. The Balaban J connectivity index is 2.37. The molecule has 0 bridgehead atoms. The second-order valence-corrected chi connectivity index (χ2v) is 4.95. The molecule has 17 heavy (non-hydrogen) atoms. The number of hydrogen-bond donors (Lipinski definition) is 1. The molecule has 0 aliphatic rings. The highest BCUT2D eigenvalue weighted by molar-refractivity contribution is 5.21. The van der Waals surface area contributed by atoms with E-state index in [-0.39, 0.29) is 0 Å². The van der Waals surface area contributed by atoms with Crippen LogP contribution in [0.5, 0.6) is 0 Å². The lowest BCUT2D eigenvalue weighted by Crippen LogP contribution is -2.37. The second-order valence-electron chi connectivity index (χ2n) is 4.95. The van der Waals surface area contributed by atoms with E-state index in [4.69, 9.17) is 0 Å². The summed E-state index contributed by atoms with van der Waals surface area (Å²) in [4.78, 5) is 2.40. The Labute approximate surface area is 106 Å². The smallest absolute Gasteiger partial charge is 0.0234 e. The molecule has 0 fully saturated rings. The van der Waals surface area contributed by atoms with E-state index >= 15 is 0 Å². The monoisotopic (exact) mass is 234 g/mol. The molecule has 1 aromatic carbocycles. The van der Waals surface area contributed by atoms with E-state index in [2.05, 4.69) is 62.3 Å². The van der Waals surface area contributed by atoms with E-state index in [1.807, 2.05) is 0 Å². The first-order valence-electron chi connectivity index (χ1n) is 6.60. The van der Waals surface area contributed by atoms with Crippen LogP contribution in [0.3, 0.4) is 0 Å². The Hall–Kier alpha value is -0.860. The predicted octanol–water partition coefficient (Wildman–Crippen LogP) is 2.81. The van der Waals surface area contributed by atoms with Gasteiger partial charge in [0.25, 0.3) is 0 Å². The third kappa shape index (κ3) is 5.33. The van der Waals surface area contributed by atoms with Crippen LogP contribution in [0, 0.1) is 6.92 Å². The van der Waals surface area contributed by atoms with Crippen LogP contribution in [0.1, 0.15) is 31.4 Å². The molecular formula is C15H26N2. The van der Waals surface area contributed by atoms with Crippen molar-refractivity contribution in [2.24, 2.45) is 0 Å². The standard InChI is InChI=1S/C15H26N2/c1-5-10-16-11-14(3)17(4)12-15-8-6-13(2)7-9-15/h6-9,14,16H,5,10-12H2,1-4H3. The Morgan fingerprint density at radius 1 is 1.24 bits per heavy atom. The van der Waals surface area contributed by atoms with Gasteiger partial charge in [-0.15, -0.1) is 0 Å². The molecule has 96 valence electrons. The van der Waals surface area contributed by atoms with Crippen molar-refractivity contribution < 1.29 is 0 Å². The molecule has 2 heteroatoms. The fraction of sp³-hybridized carbons (Fsp3) is 0.600. The van der Waals surface area contributed by atoms with Crippen molar-refractivity contribution in [3.63, 3.8) is 0 Å². The number of nitrogens with zero attached hydrogens (tertiary/aromatic N) is 1. The Kier molecular flexibility index (Phi) is 6.23. The van der Waals surface area contributed by atoms with Crippen LogP contribution < -0.4 is 5.32 Å². The highest BCUT2D eigenvalue weighted by atomic mass is 15.1. The zero-order chi connectivity index (χ0) is 12.7. The highest BCUT2D eigenvalue weighted by Crippen LogP contribution is 2.07. The number of likely N-dealkylation sites (N-methyl/N-ethyl adjacent to an activating group) is 1. The SMILES string of the molecule is CCCNCC(C)N(C)Cc1ccc(C)cc1. The maximum Gasteiger partial charge on any atom is 0.0234 e. The van der Waals surface area contributed by atoms with Crippen LogP contribution in [-0.2, 0) is 6.54 Å². The van der Waals surface area contributed by atoms with Crippen molar-refractivity contribution in [1.29, 1.82) is 0 Å². The largest absolute Gasteiger partial charge is 0.315 e. The molecule has 0 heterocycles. The summed E-state index contributed by atoms with van der Waals surface area (Å²) in [6, 6.07) is 9.38. The van der Waals surface area contributed by atoms with Crippen molar-refractivity contribution in [2.75, 3.05) is 20.1 Å². The molecule has 1 unspecified atom stereocenters. The lowest BCUT2D eigenvalue weighted by atomic mass is 10.1. The highest BCUT2D eigenvalue weighted by Gasteiger charge is 2.08. The maximum absolute atomic E-state index is 3.47. The molecule has 1 aromatic rings. The van der Waals surface area contributed by atoms with Crippen molar-refractivity contribution in [2.45, 2.75) is 39.8 Å². The second kappa shape index (κ2) is 7.46. The van der Waals surface area contributed by atoms with Crippen LogP contribution in [-0.4, -0.2) is 31.1 Å². The van der Waals surface area contributed by atoms with Crippen LogP contribution in [0.2, 0.25) is 0 Å². The minimum Gasteiger partial charge on any atom is -0.315 e. The van der Waals surface area contributed by atoms with Crippen LogP contribution >= 0.6 is 0 Å². The first-order valence-corrected chi connectivity index (χ1v) is 6.60. The normalized spacial score (nSPS) is 13.0. The van der Waals surface area contributed by atoms with Gasteiger partial charge >= 0.3 is 0 Å². The van der Waals surface area contributed by atoms with Gasteiger partial charge in [-0.25, -0.2) is 0 Å². The van der Waals surface area contributed by atoms with E-state index in [1.165, 1.54) is 17.5 Å². The summed E-state index contributed by atoms with van der Waals surface area (Å²) >= 11 is 0. The summed E-state index contributed by atoms with van der Waals surface area (Å²) in [5, 5.41) is 3.47. The van der Waals surface area contributed by atoms with E-state index < -0.39 is 0 Å². The molecule has 0 spiro atoms. The topological polar surface area (TPSA) is 15.3 Å². The number of benzene rings is 1. The van der Waals surface area contributed by atoms with Gasteiger partial charge in [-0.05, 0) is 39.4 Å². The Morgan fingerprint density at radius 2 is 1.88 bits per heavy atom. The molecular weight excluding hydrogens is 208 g/mol. The Morgan fingerprint density at radius 3 is 2.47 bits per heavy atom. The molecule has 1 N–H and O–H groups in total. The predicted molar refractivity (Wildman–Crippen MR) is 75.3 cm³/mol. The van der Waals surface area contributed by atoms with E-state index in [1.54, 1.807) is 0 Å². The molecule has 0 saturated heterocycles. The van der Waals surface area contributed by atoms with E-state index in [9.17, 15) is 0 Å². The molecule has 0 radical (unpaired) electrons. The molecule has 0 aliphatic heterocycles. The van der Waals surface area contributed by atoms with Crippen LogP contribution in [0.15, 0.2) is 24.3 Å². The summed E-state index contributed by atoms with van der Waals surface area (Å²) in [6.45, 7) is 9.81. The molecule has 0 aliphatic carbocycles. The van der Waals surface area contributed by atoms with Crippen molar-refractivity contribution in [3.8, 4) is 0 Å². The minimum atomic E-state index is 0.572. The van der Waals surface area contributed by atoms with Crippen molar-refractivity contribution >= 4 is 0 Å². The molecule has 0 saturated carbocycles. The lowest BCUT2D eigenvalue weighted by Gasteiger charge is -2.25. The molecule has 0 aromatic heterocycles. The van der Waals surface area contributed by atoms with Gasteiger partial charge in [0.2, 0.25) is 0 Å². The third-order valence-corrected chi connectivity index (χ3v) is 3.17. The van der Waals surface area contributed by atoms with Gasteiger partial charge in [0.15, 0.2) is 0 Å². The van der Waals surface area contributed by atoms with Gasteiger partial charge in [0.1, 0.15) is 0 Å². The van der Waals surface area contributed by atoms with Gasteiger partial charge in [0.05, 0.1) is 0 Å². The zero-order valence-corrected chi connectivity index (χ0v) is 11.7. The van der Waals surface area contributed by atoms with Crippen molar-refractivity contribution in [1.82, 2.24) is 10.2 Å². The van der Waals surface area contributed by atoms with Gasteiger partial charge < -0.3 is 5.32 Å². The third-order valence-electron chi connectivity index (χ3n) is 3.17. The maximum atomic E-state index is 3.47. The minimum absolute atomic E-state index is 0.572. The fourth-order valence-electron chi connectivity index (χ4n) is 1.78. The number of rotatable bonds is 7. The average molecular weight is 234 g/mol. The van der Waals surface area contributed by atoms with E-state index in [0.29, 0.717) is 6.04 Å². The molecule has 1 rings (SSSR count). The average Bonchev–Trinajstić information content (AvgIpc) is 2.32. The molecule has 0 amide bonds. The Bertz CT molecular complexity index is 305. The summed E-state index contributed by atoms with van der Waals surface area (Å²) < 4.78 is 0. The van der Waals surface area contributed by atoms with Crippen molar-refractivity contribution in [3.05, 3.63) is 35.4 Å². The number of aryl methyl sites for hydroxylation is 1. The first kappa shape index (κ1) is 14.2. The number of nitrogens with one attached hydrogen (secondary N) is 1. The molecule has 1 atom stereocenters. The van der Waals surface area contributed by atoms with Gasteiger partial charge in [-0.3, -0.25) is 4.90 Å². The van der Waals surface area contributed by atoms with Gasteiger partial charge in [-0.2, -0.15) is 0 Å². The summed E-state index contributed by atoms with van der Waals surface area (Å²) in [5.41, 5.74) is 2.72. The first-order chi connectivity index (χ1) is 8.13. The van der Waals surface area contributed by atoms with Gasteiger partial charge in [0, 0.05) is 19.1 Å². The molecule has 2 nitrogen and oxygen atoms in total. The lowest BCUT2D eigenvalue weighted by molar-refractivity contribution is 0.243. The summed E-state index contributed by atoms with van der Waals surface area (Å²) in [6.07, 6.45) is 1.20. The quantitative estimate of drug-likeness (QED) is 0.730. The summed E-state index contributed by atoms with van der Waals surface area (Å²) in [7, 11) is 2.19. The zero-order valence-electron chi connectivity index (χ0n) is 11.7. The van der Waals surface area contributed by atoms with E-state index in [0.717, 1.165) is 19.6 Å². The summed E-state index contributed by atoms with van der Waals surface area (Å²) in [5.74, 6) is 0. The van der Waals surface area contributed by atoms with Crippen LogP contribution in [0.25, 0.3) is 0 Å². The number of hydrogen-bond acceptors (Lipinski definition) is 2. The van der Waals surface area contributed by atoms with Crippen LogP contribution in [0.4, 0.5) is 0 Å².